The lowest BCUT2D eigenvalue weighted by Gasteiger charge is -2.12. The Morgan fingerprint density at radius 2 is 1.75 bits per heavy atom. The number of hydrogen-bond acceptors (Lipinski definition) is 3. The third-order valence-electron chi connectivity index (χ3n) is 4.04. The second kappa shape index (κ2) is 5.73. The number of halogens is 1. The van der Waals surface area contributed by atoms with Gasteiger partial charge in [-0.25, -0.2) is 4.98 Å². The molecule has 0 saturated heterocycles. The number of nitrogens with zero attached hydrogens (tertiary/aromatic N) is 1. The van der Waals surface area contributed by atoms with Gasteiger partial charge in [0.25, 0.3) is 0 Å². The summed E-state index contributed by atoms with van der Waals surface area (Å²) in [5, 5.41) is 14.2. The van der Waals surface area contributed by atoms with E-state index in [-0.39, 0.29) is 5.56 Å². The molecule has 0 bridgehead atoms. The van der Waals surface area contributed by atoms with Gasteiger partial charge < -0.3 is 9.90 Å². The van der Waals surface area contributed by atoms with Gasteiger partial charge in [-0.15, -0.1) is 0 Å². The van der Waals surface area contributed by atoms with E-state index in [2.05, 4.69) is 15.9 Å². The zero-order chi connectivity index (χ0) is 16.7. The van der Waals surface area contributed by atoms with Crippen molar-refractivity contribution in [1.29, 1.82) is 0 Å². The lowest BCUT2D eigenvalue weighted by molar-refractivity contribution is -0.254. The van der Waals surface area contributed by atoms with Crippen molar-refractivity contribution in [1.82, 2.24) is 4.98 Å². The lowest BCUT2D eigenvalue weighted by Crippen LogP contribution is -2.22. The summed E-state index contributed by atoms with van der Waals surface area (Å²) in [4.78, 5) is 16.4. The van der Waals surface area contributed by atoms with Gasteiger partial charge in [-0.3, -0.25) is 0 Å². The van der Waals surface area contributed by atoms with E-state index in [0.29, 0.717) is 16.6 Å². The van der Waals surface area contributed by atoms with Crippen molar-refractivity contribution in [3.05, 3.63) is 76.8 Å². The Balaban J connectivity index is 2.12. The maximum absolute atomic E-state index is 11.7. The Hall–Kier alpha value is -2.72. The Kier molecular flexibility index (Phi) is 3.54. The highest BCUT2D eigenvalue weighted by atomic mass is 79.9. The van der Waals surface area contributed by atoms with E-state index < -0.39 is 5.97 Å². The van der Waals surface area contributed by atoms with E-state index >= 15 is 0 Å². The van der Waals surface area contributed by atoms with Crippen LogP contribution < -0.4 is 5.11 Å². The van der Waals surface area contributed by atoms with Crippen molar-refractivity contribution >= 4 is 43.6 Å². The summed E-state index contributed by atoms with van der Waals surface area (Å²) in [6.45, 7) is 0. The average molecular weight is 377 g/mol. The topological polar surface area (TPSA) is 53.0 Å². The first-order valence-corrected chi connectivity index (χ1v) is 8.22. The van der Waals surface area contributed by atoms with Crippen molar-refractivity contribution in [2.24, 2.45) is 0 Å². The lowest BCUT2D eigenvalue weighted by atomic mass is 10.00. The van der Waals surface area contributed by atoms with Crippen molar-refractivity contribution in [2.45, 2.75) is 0 Å². The summed E-state index contributed by atoms with van der Waals surface area (Å²) in [6, 6.07) is 20.7. The van der Waals surface area contributed by atoms with Crippen molar-refractivity contribution in [2.75, 3.05) is 0 Å². The first kappa shape index (κ1) is 14.8. The van der Waals surface area contributed by atoms with Crippen molar-refractivity contribution in [3.8, 4) is 11.3 Å². The molecular formula is C20H11BrNO2-. The molecule has 0 unspecified atom stereocenters. The number of carboxylic acid groups (broad SMARTS) is 1. The summed E-state index contributed by atoms with van der Waals surface area (Å²) >= 11 is 3.44. The van der Waals surface area contributed by atoms with Gasteiger partial charge in [-0.1, -0.05) is 64.5 Å². The maximum Gasteiger partial charge on any atom is 0.0794 e. The summed E-state index contributed by atoms with van der Waals surface area (Å²) in [6.07, 6.45) is 0. The molecule has 0 aliphatic heterocycles. The monoisotopic (exact) mass is 376 g/mol. The van der Waals surface area contributed by atoms with Crippen LogP contribution in [0.15, 0.2) is 71.2 Å². The first-order valence-electron chi connectivity index (χ1n) is 7.43. The van der Waals surface area contributed by atoms with E-state index in [1.807, 2.05) is 54.6 Å². The zero-order valence-electron chi connectivity index (χ0n) is 12.5. The Labute approximate surface area is 146 Å². The van der Waals surface area contributed by atoms with Gasteiger partial charge in [0.2, 0.25) is 0 Å². The van der Waals surface area contributed by atoms with Gasteiger partial charge in [0.05, 0.1) is 17.2 Å². The molecule has 0 amide bonds. The van der Waals surface area contributed by atoms with Crippen molar-refractivity contribution < 1.29 is 9.90 Å². The van der Waals surface area contributed by atoms with Crippen LogP contribution in [0.25, 0.3) is 32.9 Å². The van der Waals surface area contributed by atoms with Crippen LogP contribution in [-0.2, 0) is 0 Å². The molecule has 1 aromatic heterocycles. The fraction of sp³-hybridized carbons (Fsp3) is 0. The third kappa shape index (κ3) is 2.45. The Morgan fingerprint density at radius 1 is 0.917 bits per heavy atom. The Bertz CT molecular complexity index is 1110. The van der Waals surface area contributed by atoms with Gasteiger partial charge in [0.1, 0.15) is 0 Å². The van der Waals surface area contributed by atoms with Crippen LogP contribution >= 0.6 is 15.9 Å². The molecule has 0 spiro atoms. The molecule has 4 heteroatoms. The van der Waals surface area contributed by atoms with E-state index in [4.69, 9.17) is 4.98 Å². The Morgan fingerprint density at radius 3 is 2.54 bits per heavy atom. The molecule has 4 rings (SSSR count). The molecular weight excluding hydrogens is 366 g/mol. The number of carbonyl (C=O) groups excluding carboxylic acids is 1. The minimum absolute atomic E-state index is 0.153. The number of fused-ring (bicyclic) bond motifs is 3. The summed E-state index contributed by atoms with van der Waals surface area (Å²) in [5.41, 5.74) is 2.28. The number of carbonyl (C=O) groups is 1. The fourth-order valence-electron chi connectivity index (χ4n) is 2.92. The number of rotatable bonds is 2. The normalized spacial score (nSPS) is 11.0. The van der Waals surface area contributed by atoms with Crippen LogP contribution in [0.2, 0.25) is 0 Å². The van der Waals surface area contributed by atoms with E-state index in [9.17, 15) is 9.90 Å². The number of aromatic carboxylic acids is 1. The molecule has 4 aromatic rings. The number of pyridine rings is 1. The minimum atomic E-state index is -1.20. The van der Waals surface area contributed by atoms with Crippen LogP contribution in [0.1, 0.15) is 10.4 Å². The van der Waals surface area contributed by atoms with E-state index in [0.717, 1.165) is 20.8 Å². The van der Waals surface area contributed by atoms with Crippen LogP contribution in [0.3, 0.4) is 0 Å². The van der Waals surface area contributed by atoms with Gasteiger partial charge in [-0.05, 0) is 23.6 Å². The van der Waals surface area contributed by atoms with Gasteiger partial charge in [0.15, 0.2) is 0 Å². The van der Waals surface area contributed by atoms with E-state index in [1.165, 1.54) is 0 Å². The maximum atomic E-state index is 11.7. The molecule has 0 aliphatic carbocycles. The highest BCUT2D eigenvalue weighted by Gasteiger charge is 2.11. The fourth-order valence-corrected chi connectivity index (χ4v) is 3.32. The number of benzene rings is 3. The largest absolute Gasteiger partial charge is 0.545 e. The zero-order valence-corrected chi connectivity index (χ0v) is 14.1. The molecule has 24 heavy (non-hydrogen) atoms. The third-order valence-corrected chi connectivity index (χ3v) is 4.54. The molecule has 0 N–H and O–H groups in total. The minimum Gasteiger partial charge on any atom is -0.545 e. The van der Waals surface area contributed by atoms with Crippen LogP contribution in [-0.4, -0.2) is 11.0 Å². The highest BCUT2D eigenvalue weighted by Crippen LogP contribution is 2.30. The molecule has 0 saturated carbocycles. The van der Waals surface area contributed by atoms with Gasteiger partial charge >= 0.3 is 0 Å². The summed E-state index contributed by atoms with van der Waals surface area (Å²) < 4.78 is 0.912. The molecule has 116 valence electrons. The standard InChI is InChI=1S/C20H12BrNO2/c21-14-6-3-5-13(10-14)18-11-17(20(23)24)16-9-8-12-4-1-2-7-15(12)19(16)22-18/h1-11H,(H,23,24)/p-1. The molecule has 1 heterocycles. The number of aromatic nitrogens is 1. The van der Waals surface area contributed by atoms with Crippen LogP contribution in [0.5, 0.6) is 0 Å². The number of carboxylic acids is 1. The molecule has 3 aromatic carbocycles. The predicted octanol–water partition coefficient (Wildman–Crippen LogP) is 4.18. The average Bonchev–Trinajstić information content (AvgIpc) is 2.60. The van der Waals surface area contributed by atoms with E-state index in [1.54, 1.807) is 12.1 Å². The molecule has 0 fully saturated rings. The van der Waals surface area contributed by atoms with Crippen LogP contribution in [0, 0.1) is 0 Å². The molecule has 0 aliphatic rings. The second-order valence-electron chi connectivity index (χ2n) is 5.54. The van der Waals surface area contributed by atoms with Crippen molar-refractivity contribution in [3.63, 3.8) is 0 Å². The SMILES string of the molecule is O=C([O-])c1cc(-c2cccc(Br)c2)nc2c1ccc1ccccc12. The van der Waals surface area contributed by atoms with Crippen LogP contribution in [0.4, 0.5) is 0 Å². The number of hydrogen-bond donors (Lipinski definition) is 0. The molecule has 3 nitrogen and oxygen atoms in total. The molecule has 0 radical (unpaired) electrons. The summed E-state index contributed by atoms with van der Waals surface area (Å²) in [5.74, 6) is -1.20. The van der Waals surface area contributed by atoms with Gasteiger partial charge in [-0.2, -0.15) is 0 Å². The quantitative estimate of drug-likeness (QED) is 0.493. The molecule has 0 atom stereocenters. The smallest absolute Gasteiger partial charge is 0.0794 e. The second-order valence-corrected chi connectivity index (χ2v) is 6.45. The highest BCUT2D eigenvalue weighted by molar-refractivity contribution is 9.10. The summed E-state index contributed by atoms with van der Waals surface area (Å²) in [7, 11) is 0. The van der Waals surface area contributed by atoms with Gasteiger partial charge in [0, 0.05) is 26.4 Å². The predicted molar refractivity (Wildman–Crippen MR) is 96.7 cm³/mol. The first-order chi connectivity index (χ1) is 11.6.